The summed E-state index contributed by atoms with van der Waals surface area (Å²) in [5.74, 6) is 0. The van der Waals surface area contributed by atoms with E-state index >= 15 is 0 Å². The van der Waals surface area contributed by atoms with Gasteiger partial charge in [0.2, 0.25) is 0 Å². The van der Waals surface area contributed by atoms with Gasteiger partial charge >= 0.3 is 0 Å². The van der Waals surface area contributed by atoms with Gasteiger partial charge < -0.3 is 0 Å². The number of hydrogen-bond donors (Lipinski definition) is 0. The van der Waals surface area contributed by atoms with Gasteiger partial charge in [-0.3, -0.25) is 0 Å². The Morgan fingerprint density at radius 2 is 1.00 bits per heavy atom. The molecular formula is C54H36. The lowest BCUT2D eigenvalue weighted by Crippen LogP contribution is -1.92. The number of fused-ring (bicyclic) bond motifs is 10. The highest BCUT2D eigenvalue weighted by Gasteiger charge is 2.28. The third-order valence-corrected chi connectivity index (χ3v) is 12.6. The Hall–Kier alpha value is -6.50. The third kappa shape index (κ3) is 3.93. The lowest BCUT2D eigenvalue weighted by atomic mass is 9.83. The molecular weight excluding hydrogens is 649 g/mol. The molecule has 0 aliphatic heterocycles. The van der Waals surface area contributed by atoms with Crippen LogP contribution in [-0.4, -0.2) is 0 Å². The van der Waals surface area contributed by atoms with Crippen molar-refractivity contribution in [2.24, 2.45) is 0 Å². The molecule has 0 N–H and O–H groups in total. The standard InChI is InChI=1S/C54H36/c1-31-14-11-15-32(2)47(31)35-26-27-37-36(28-35)29-45-51-40(37)22-12-25-43(51)53-48(33-16-5-3-6-17-33)46-30-44-39-21-10-9-20-38(39)41-23-13-24-42(50(41)44)52(46)49(54(45)53)34-18-7-4-8-19-34/h3-9,11-20,22-30H,10,21H2,1-2H3. The summed E-state index contributed by atoms with van der Waals surface area (Å²) in [7, 11) is 0. The fourth-order valence-corrected chi connectivity index (χ4v) is 10.5. The van der Waals surface area contributed by atoms with Gasteiger partial charge in [-0.05, 0) is 176 Å². The van der Waals surface area contributed by atoms with Gasteiger partial charge in [-0.2, -0.15) is 0 Å². The molecule has 0 bridgehead atoms. The predicted molar refractivity (Wildman–Crippen MR) is 234 cm³/mol. The number of aryl methyl sites for hydroxylation is 3. The molecule has 0 atom stereocenters. The van der Waals surface area contributed by atoms with Crippen LogP contribution in [0.15, 0.2) is 152 Å². The molecule has 0 heteroatoms. The quantitative estimate of drug-likeness (QED) is 0.163. The maximum absolute atomic E-state index is 2.58. The minimum Gasteiger partial charge on any atom is -0.0836 e. The Morgan fingerprint density at radius 1 is 0.370 bits per heavy atom. The van der Waals surface area contributed by atoms with Crippen molar-refractivity contribution >= 4 is 81.5 Å². The van der Waals surface area contributed by atoms with E-state index in [2.05, 4.69) is 172 Å². The van der Waals surface area contributed by atoms with Gasteiger partial charge in [0.25, 0.3) is 0 Å². The van der Waals surface area contributed by atoms with Gasteiger partial charge in [0, 0.05) is 0 Å². The Balaban J connectivity index is 1.36. The zero-order valence-corrected chi connectivity index (χ0v) is 30.4. The van der Waals surface area contributed by atoms with Gasteiger partial charge in [-0.15, -0.1) is 0 Å². The van der Waals surface area contributed by atoms with Crippen LogP contribution in [0.1, 0.15) is 28.7 Å². The maximum atomic E-state index is 2.58. The molecule has 0 nitrogen and oxygen atoms in total. The highest BCUT2D eigenvalue weighted by atomic mass is 14.3. The van der Waals surface area contributed by atoms with Gasteiger partial charge in [0.1, 0.15) is 0 Å². The molecule has 11 aromatic rings. The fourth-order valence-electron chi connectivity index (χ4n) is 10.5. The summed E-state index contributed by atoms with van der Waals surface area (Å²) >= 11 is 0. The average Bonchev–Trinajstić information content (AvgIpc) is 3.71. The Morgan fingerprint density at radius 3 is 1.76 bits per heavy atom. The van der Waals surface area contributed by atoms with Crippen molar-refractivity contribution in [3.05, 3.63) is 174 Å². The minimum atomic E-state index is 1.08. The van der Waals surface area contributed by atoms with E-state index in [1.807, 2.05) is 0 Å². The molecule has 0 heterocycles. The van der Waals surface area contributed by atoms with Crippen molar-refractivity contribution in [1.82, 2.24) is 0 Å². The molecule has 0 saturated heterocycles. The van der Waals surface area contributed by atoms with Crippen molar-refractivity contribution < 1.29 is 0 Å². The molecule has 0 amide bonds. The van der Waals surface area contributed by atoms with E-state index < -0.39 is 0 Å². The Bertz CT molecular complexity index is 3340. The summed E-state index contributed by atoms with van der Waals surface area (Å²) in [5.41, 5.74) is 13.4. The summed E-state index contributed by atoms with van der Waals surface area (Å²) in [5, 5.41) is 18.9. The van der Waals surface area contributed by atoms with Gasteiger partial charge in [-0.25, -0.2) is 0 Å². The van der Waals surface area contributed by atoms with E-state index in [4.69, 9.17) is 0 Å². The molecule has 1 aliphatic carbocycles. The van der Waals surface area contributed by atoms with E-state index in [1.165, 1.54) is 131 Å². The van der Waals surface area contributed by atoms with Crippen LogP contribution in [0.5, 0.6) is 0 Å². The molecule has 0 radical (unpaired) electrons. The smallest absolute Gasteiger partial charge is 0.000697 e. The number of rotatable bonds is 3. The molecule has 252 valence electrons. The van der Waals surface area contributed by atoms with Crippen molar-refractivity contribution in [3.63, 3.8) is 0 Å². The first-order valence-electron chi connectivity index (χ1n) is 19.3. The summed E-state index contributed by atoms with van der Waals surface area (Å²) in [6.45, 7) is 4.47. The van der Waals surface area contributed by atoms with Crippen LogP contribution in [0, 0.1) is 13.8 Å². The molecule has 54 heavy (non-hydrogen) atoms. The first kappa shape index (κ1) is 30.0. The summed E-state index contributed by atoms with van der Waals surface area (Å²) in [6.07, 6.45) is 6.91. The van der Waals surface area contributed by atoms with Crippen molar-refractivity contribution in [2.75, 3.05) is 0 Å². The van der Waals surface area contributed by atoms with Crippen molar-refractivity contribution in [3.8, 4) is 33.4 Å². The summed E-state index contributed by atoms with van der Waals surface area (Å²) in [6, 6.07) is 55.3. The molecule has 11 aromatic carbocycles. The lowest BCUT2D eigenvalue weighted by molar-refractivity contribution is 1.00. The Kier molecular flexibility index (Phi) is 6.12. The van der Waals surface area contributed by atoms with Gasteiger partial charge in [-0.1, -0.05) is 140 Å². The number of hydrogen-bond acceptors (Lipinski definition) is 0. The number of allylic oxidation sites excluding steroid dienone is 1. The van der Waals surface area contributed by atoms with E-state index in [0.717, 1.165) is 12.8 Å². The highest BCUT2D eigenvalue weighted by molar-refractivity contribution is 6.44. The first-order chi connectivity index (χ1) is 26.7. The third-order valence-electron chi connectivity index (χ3n) is 12.6. The zero-order chi connectivity index (χ0) is 35.7. The molecule has 12 rings (SSSR count). The largest absolute Gasteiger partial charge is 0.0836 e. The zero-order valence-electron chi connectivity index (χ0n) is 30.4. The average molecular weight is 685 g/mol. The molecule has 0 saturated carbocycles. The molecule has 0 unspecified atom stereocenters. The first-order valence-corrected chi connectivity index (χ1v) is 19.3. The van der Waals surface area contributed by atoms with E-state index in [0.29, 0.717) is 0 Å². The molecule has 0 spiro atoms. The minimum absolute atomic E-state index is 1.08. The van der Waals surface area contributed by atoms with Crippen LogP contribution >= 0.6 is 0 Å². The van der Waals surface area contributed by atoms with Gasteiger partial charge in [0.05, 0.1) is 0 Å². The van der Waals surface area contributed by atoms with Crippen LogP contribution in [0.3, 0.4) is 0 Å². The fraction of sp³-hybridized carbons (Fsp3) is 0.0741. The van der Waals surface area contributed by atoms with Gasteiger partial charge in [0.15, 0.2) is 0 Å². The number of benzene rings is 9. The second-order valence-electron chi connectivity index (χ2n) is 15.5. The van der Waals surface area contributed by atoms with Crippen LogP contribution in [0.25, 0.3) is 115 Å². The van der Waals surface area contributed by atoms with E-state index in [9.17, 15) is 0 Å². The van der Waals surface area contributed by atoms with Crippen LogP contribution in [0.2, 0.25) is 0 Å². The van der Waals surface area contributed by atoms with E-state index in [1.54, 1.807) is 0 Å². The van der Waals surface area contributed by atoms with Crippen LogP contribution in [-0.2, 0) is 6.42 Å². The normalized spacial score (nSPS) is 13.1. The maximum Gasteiger partial charge on any atom is -0.000697 e. The van der Waals surface area contributed by atoms with E-state index in [-0.39, 0.29) is 0 Å². The van der Waals surface area contributed by atoms with Crippen molar-refractivity contribution in [2.45, 2.75) is 26.7 Å². The predicted octanol–water partition coefficient (Wildman–Crippen LogP) is 15.2. The van der Waals surface area contributed by atoms with Crippen LogP contribution < -0.4 is 0 Å². The highest BCUT2D eigenvalue weighted by Crippen LogP contribution is 2.55. The SMILES string of the molecule is Cc1cccc(C)c1-c1ccc2c(c1)cc1c3c(-c4ccccc4)c4c(cc5c6c(c7cccc4c75)C=CCC6)c(-c4ccccc4)c3c3cccc2c31. The molecule has 0 fully saturated rings. The monoisotopic (exact) mass is 684 g/mol. The Labute approximate surface area is 314 Å². The molecule has 1 aliphatic rings. The second-order valence-corrected chi connectivity index (χ2v) is 15.5. The molecule has 0 aromatic heterocycles. The lowest BCUT2D eigenvalue weighted by Gasteiger charge is -2.19. The second kappa shape index (κ2) is 11.0. The summed E-state index contributed by atoms with van der Waals surface area (Å²) < 4.78 is 0. The summed E-state index contributed by atoms with van der Waals surface area (Å²) in [4.78, 5) is 0. The van der Waals surface area contributed by atoms with Crippen LogP contribution in [0.4, 0.5) is 0 Å². The van der Waals surface area contributed by atoms with Crippen molar-refractivity contribution in [1.29, 1.82) is 0 Å². The topological polar surface area (TPSA) is 0 Å².